The van der Waals surface area contributed by atoms with E-state index < -0.39 is 8.07 Å². The lowest BCUT2D eigenvalue weighted by Crippen LogP contribution is -2.16. The van der Waals surface area contributed by atoms with E-state index in [-0.39, 0.29) is 0 Å². The first kappa shape index (κ1) is 10.6. The van der Waals surface area contributed by atoms with E-state index in [0.29, 0.717) is 0 Å². The maximum Gasteiger partial charge on any atom is 0.129 e. The van der Waals surface area contributed by atoms with E-state index in [1.807, 2.05) is 24.3 Å². The average Bonchev–Trinajstić information content (AvgIpc) is 2.14. The molecule has 0 saturated heterocycles. The predicted molar refractivity (Wildman–Crippen MR) is 64.6 cm³/mol. The van der Waals surface area contributed by atoms with Gasteiger partial charge in [0, 0.05) is 11.1 Å². The van der Waals surface area contributed by atoms with Crippen molar-refractivity contribution in [3.05, 3.63) is 35.4 Å². The van der Waals surface area contributed by atoms with Gasteiger partial charge in [-0.2, -0.15) is 0 Å². The van der Waals surface area contributed by atoms with Crippen molar-refractivity contribution >= 4 is 8.07 Å². The van der Waals surface area contributed by atoms with Crippen LogP contribution in [-0.2, 0) is 0 Å². The SMILES string of the molecule is C#Cc1cccc(C#C[Si](C)(C)C)c1. The number of benzene rings is 1. The standard InChI is InChI=1S/C13H14Si/c1-5-12-7-6-8-13(11-12)9-10-14(2,3)4/h1,6-8,11H,2-4H3. The van der Waals surface area contributed by atoms with Gasteiger partial charge < -0.3 is 0 Å². The monoisotopic (exact) mass is 198 g/mol. The van der Waals surface area contributed by atoms with Crippen molar-refractivity contribution in [2.45, 2.75) is 19.6 Å². The first-order valence-electron chi connectivity index (χ1n) is 4.61. The second kappa shape index (κ2) is 4.18. The fourth-order valence-electron chi connectivity index (χ4n) is 0.946. The molecule has 1 aromatic carbocycles. The molecule has 0 heterocycles. The van der Waals surface area contributed by atoms with Crippen molar-refractivity contribution in [3.8, 4) is 23.8 Å². The second-order valence-electron chi connectivity index (χ2n) is 4.23. The number of rotatable bonds is 0. The van der Waals surface area contributed by atoms with Crippen LogP contribution in [0.5, 0.6) is 0 Å². The van der Waals surface area contributed by atoms with Crippen LogP contribution in [0.25, 0.3) is 0 Å². The highest BCUT2D eigenvalue weighted by Gasteiger charge is 2.07. The molecule has 0 aliphatic rings. The maximum absolute atomic E-state index is 5.31. The lowest BCUT2D eigenvalue weighted by atomic mass is 10.1. The number of hydrogen-bond donors (Lipinski definition) is 0. The van der Waals surface area contributed by atoms with Gasteiger partial charge in [0.1, 0.15) is 8.07 Å². The summed E-state index contributed by atoms with van der Waals surface area (Å²) < 4.78 is 0. The minimum absolute atomic E-state index is 0.896. The van der Waals surface area contributed by atoms with Gasteiger partial charge in [-0.1, -0.05) is 37.5 Å². The van der Waals surface area contributed by atoms with Crippen LogP contribution >= 0.6 is 0 Å². The van der Waals surface area contributed by atoms with Crippen molar-refractivity contribution in [3.63, 3.8) is 0 Å². The smallest absolute Gasteiger partial charge is 0.127 e. The van der Waals surface area contributed by atoms with Crippen molar-refractivity contribution in [2.75, 3.05) is 0 Å². The van der Waals surface area contributed by atoms with Gasteiger partial charge in [-0.05, 0) is 18.2 Å². The Labute approximate surface area is 87.4 Å². The molecule has 70 valence electrons. The van der Waals surface area contributed by atoms with Gasteiger partial charge in [0.25, 0.3) is 0 Å². The number of terminal acetylenes is 1. The summed E-state index contributed by atoms with van der Waals surface area (Å²) in [6.07, 6.45) is 5.31. The van der Waals surface area contributed by atoms with Gasteiger partial charge >= 0.3 is 0 Å². The molecule has 0 saturated carbocycles. The van der Waals surface area contributed by atoms with Gasteiger partial charge in [0.05, 0.1) is 0 Å². The summed E-state index contributed by atoms with van der Waals surface area (Å²) in [6.45, 7) is 6.68. The highest BCUT2D eigenvalue weighted by molar-refractivity contribution is 6.83. The van der Waals surface area contributed by atoms with Crippen LogP contribution in [0, 0.1) is 23.8 Å². The third-order valence-corrected chi connectivity index (χ3v) is 2.49. The van der Waals surface area contributed by atoms with E-state index in [0.717, 1.165) is 11.1 Å². The molecule has 0 aliphatic carbocycles. The molecule has 0 radical (unpaired) electrons. The zero-order chi connectivity index (χ0) is 10.6. The fourth-order valence-corrected chi connectivity index (χ4v) is 1.47. The average molecular weight is 198 g/mol. The van der Waals surface area contributed by atoms with Gasteiger partial charge in [-0.15, -0.1) is 12.0 Å². The van der Waals surface area contributed by atoms with Crippen LogP contribution < -0.4 is 0 Å². The van der Waals surface area contributed by atoms with Gasteiger partial charge in [0.2, 0.25) is 0 Å². The van der Waals surface area contributed by atoms with Gasteiger partial charge in [-0.25, -0.2) is 0 Å². The van der Waals surface area contributed by atoms with E-state index in [9.17, 15) is 0 Å². The summed E-state index contributed by atoms with van der Waals surface area (Å²) in [5.41, 5.74) is 5.22. The molecule has 0 fully saturated rings. The maximum atomic E-state index is 5.31. The van der Waals surface area contributed by atoms with Crippen molar-refractivity contribution in [1.29, 1.82) is 0 Å². The summed E-state index contributed by atoms with van der Waals surface area (Å²) >= 11 is 0. The van der Waals surface area contributed by atoms with Gasteiger partial charge in [0.15, 0.2) is 0 Å². The summed E-state index contributed by atoms with van der Waals surface area (Å²) in [7, 11) is -1.28. The van der Waals surface area contributed by atoms with Crippen LogP contribution in [0.1, 0.15) is 11.1 Å². The first-order valence-corrected chi connectivity index (χ1v) is 8.11. The summed E-state index contributed by atoms with van der Waals surface area (Å²) in [6, 6.07) is 7.81. The Kier molecular flexibility index (Phi) is 3.17. The Hall–Kier alpha value is -1.44. The second-order valence-corrected chi connectivity index (χ2v) is 8.98. The normalized spacial score (nSPS) is 9.86. The lowest BCUT2D eigenvalue weighted by molar-refractivity contribution is 1.60. The molecule has 0 aromatic heterocycles. The minimum atomic E-state index is -1.28. The highest BCUT2D eigenvalue weighted by Crippen LogP contribution is 2.03. The molecule has 0 bridgehead atoms. The lowest BCUT2D eigenvalue weighted by Gasteiger charge is -2.03. The molecule has 0 aliphatic heterocycles. The molecule has 0 atom stereocenters. The van der Waals surface area contributed by atoms with Crippen molar-refractivity contribution in [1.82, 2.24) is 0 Å². The first-order chi connectivity index (χ1) is 6.51. The molecular formula is C13H14Si. The predicted octanol–water partition coefficient (Wildman–Crippen LogP) is 2.90. The molecule has 0 amide bonds. The molecule has 14 heavy (non-hydrogen) atoms. The third kappa shape index (κ3) is 3.52. The zero-order valence-corrected chi connectivity index (χ0v) is 9.89. The van der Waals surface area contributed by atoms with Crippen molar-refractivity contribution in [2.24, 2.45) is 0 Å². The Morgan fingerprint density at radius 2 is 1.79 bits per heavy atom. The number of hydrogen-bond acceptors (Lipinski definition) is 0. The fraction of sp³-hybridized carbons (Fsp3) is 0.231. The molecule has 1 rings (SSSR count). The van der Waals surface area contributed by atoms with E-state index in [1.165, 1.54) is 0 Å². The molecule has 0 nitrogen and oxygen atoms in total. The zero-order valence-electron chi connectivity index (χ0n) is 8.89. The largest absolute Gasteiger partial charge is 0.129 e. The van der Waals surface area contributed by atoms with E-state index in [2.05, 4.69) is 37.0 Å². The molecule has 0 spiro atoms. The Morgan fingerprint density at radius 3 is 2.36 bits per heavy atom. The van der Waals surface area contributed by atoms with Gasteiger partial charge in [-0.3, -0.25) is 0 Å². The molecule has 0 unspecified atom stereocenters. The van der Waals surface area contributed by atoms with Crippen LogP contribution in [-0.4, -0.2) is 8.07 Å². The van der Waals surface area contributed by atoms with E-state index in [4.69, 9.17) is 6.42 Å². The van der Waals surface area contributed by atoms with Crippen LogP contribution in [0.4, 0.5) is 0 Å². The Bertz CT molecular complexity index is 419. The van der Waals surface area contributed by atoms with E-state index in [1.54, 1.807) is 0 Å². The minimum Gasteiger partial charge on any atom is -0.127 e. The third-order valence-electron chi connectivity index (χ3n) is 1.61. The molecule has 0 N–H and O–H groups in total. The highest BCUT2D eigenvalue weighted by atomic mass is 28.3. The Morgan fingerprint density at radius 1 is 1.14 bits per heavy atom. The van der Waals surface area contributed by atoms with Crippen LogP contribution in [0.2, 0.25) is 19.6 Å². The molecule has 1 heteroatoms. The van der Waals surface area contributed by atoms with Crippen LogP contribution in [0.15, 0.2) is 24.3 Å². The van der Waals surface area contributed by atoms with E-state index >= 15 is 0 Å². The topological polar surface area (TPSA) is 0 Å². The summed E-state index contributed by atoms with van der Waals surface area (Å²) in [4.78, 5) is 0. The summed E-state index contributed by atoms with van der Waals surface area (Å²) in [5.74, 6) is 5.78. The summed E-state index contributed by atoms with van der Waals surface area (Å²) in [5, 5.41) is 0. The van der Waals surface area contributed by atoms with Crippen molar-refractivity contribution < 1.29 is 0 Å². The Balaban J connectivity index is 2.98. The molecule has 1 aromatic rings. The van der Waals surface area contributed by atoms with Crippen LogP contribution in [0.3, 0.4) is 0 Å². The molecular weight excluding hydrogens is 184 g/mol. The quantitative estimate of drug-likeness (QED) is 0.444.